The van der Waals surface area contributed by atoms with Gasteiger partial charge in [-0.05, 0) is 117 Å². The average Bonchev–Trinajstić information content (AvgIpc) is 3.26. The summed E-state index contributed by atoms with van der Waals surface area (Å²) in [6, 6.07) is -0.679. The zero-order chi connectivity index (χ0) is 30.6. The molecule has 0 radical (unpaired) electrons. The lowest BCUT2D eigenvalue weighted by atomic mass is 9.41. The second-order valence-corrected chi connectivity index (χ2v) is 17.0. The number of morpholine rings is 1. The van der Waals surface area contributed by atoms with Gasteiger partial charge in [0.2, 0.25) is 0 Å². The van der Waals surface area contributed by atoms with Gasteiger partial charge in [-0.25, -0.2) is 9.52 Å². The van der Waals surface area contributed by atoms with E-state index in [1.807, 2.05) is 13.8 Å². The van der Waals surface area contributed by atoms with E-state index >= 15 is 0 Å². The summed E-state index contributed by atoms with van der Waals surface area (Å²) in [4.78, 5) is 12.6. The lowest BCUT2D eigenvalue weighted by Crippen LogP contribution is -2.62. The maximum atomic E-state index is 12.8. The van der Waals surface area contributed by atoms with Gasteiger partial charge in [0.25, 0.3) is 0 Å². The summed E-state index contributed by atoms with van der Waals surface area (Å²) >= 11 is 0. The number of aliphatic hydroxyl groups excluding tert-OH is 2. The molecule has 4 aliphatic carbocycles. The molecule has 5 aliphatic rings. The third kappa shape index (κ3) is 5.77. The number of nitrogens with zero attached hydrogens (tertiary/aromatic N) is 1. The fraction of sp³-hybridized carbons (Fsp3) is 0.969. The van der Waals surface area contributed by atoms with Gasteiger partial charge in [-0.15, -0.1) is 0 Å². The highest BCUT2D eigenvalue weighted by Crippen LogP contribution is 2.69. The van der Waals surface area contributed by atoms with E-state index in [0.29, 0.717) is 42.1 Å². The zero-order valence-electron chi connectivity index (χ0n) is 26.7. The summed E-state index contributed by atoms with van der Waals surface area (Å²) < 4.78 is 34.6. The number of amides is 2. The van der Waals surface area contributed by atoms with Gasteiger partial charge in [-0.1, -0.05) is 34.1 Å². The van der Waals surface area contributed by atoms with Crippen molar-refractivity contribution < 1.29 is 28.2 Å². The van der Waals surface area contributed by atoms with E-state index in [2.05, 4.69) is 37.7 Å². The number of hydrogen-bond donors (Lipinski definition) is 4. The SMILES string of the molecule is CC[C@H]1[C@@H](O)[C@@H]2[C@H](CC[C@]3(C)[C@@H]([C@H](C)CCNC(=O)NS(=O)(=O)N4C[C@@H](C)O[C@H](C)C4)CC[C@@H]23)[C@@]2(C)CC[C@@H](O)C[C@@H]12. The Morgan fingerprint density at radius 1 is 1.00 bits per heavy atom. The Bertz CT molecular complexity index is 1080. The van der Waals surface area contributed by atoms with Gasteiger partial charge in [0.1, 0.15) is 0 Å². The molecule has 2 amide bonds. The van der Waals surface area contributed by atoms with Crippen molar-refractivity contribution in [1.29, 1.82) is 0 Å². The van der Waals surface area contributed by atoms with Crippen LogP contribution in [0.1, 0.15) is 99.3 Å². The van der Waals surface area contributed by atoms with Crippen molar-refractivity contribution in [2.24, 2.45) is 52.3 Å². The normalized spacial score (nSPS) is 46.7. The summed E-state index contributed by atoms with van der Waals surface area (Å²) in [5, 5.41) is 25.2. The van der Waals surface area contributed by atoms with Crippen LogP contribution in [0.3, 0.4) is 0 Å². The Hall–Kier alpha value is -0.940. The number of aliphatic hydroxyl groups is 2. The van der Waals surface area contributed by atoms with Crippen molar-refractivity contribution in [3.63, 3.8) is 0 Å². The predicted octanol–water partition coefficient (Wildman–Crippen LogP) is 4.29. The molecule has 4 N–H and O–H groups in total. The molecule has 42 heavy (non-hydrogen) atoms. The molecule has 0 spiro atoms. The molecule has 0 aromatic rings. The predicted molar refractivity (Wildman–Crippen MR) is 163 cm³/mol. The van der Waals surface area contributed by atoms with Crippen molar-refractivity contribution in [2.45, 2.75) is 124 Å². The Balaban J connectivity index is 1.19. The summed E-state index contributed by atoms with van der Waals surface area (Å²) in [7, 11) is -3.93. The third-order valence-electron chi connectivity index (χ3n) is 13.0. The quantitative estimate of drug-likeness (QED) is 0.340. The molecule has 10 heteroatoms. The standard InChI is InChI=1S/C32H57N3O6S/c1-7-23-27-16-22(36)10-13-32(27,6)26-11-14-31(5)24(8-9-25(31)28(26)29(23)37)19(2)12-15-33-30(38)34-42(39,40)35-17-20(3)41-21(4)18-35/h19-29,36-37H,7-18H2,1-6H3,(H2,33,34,38)/t19-,20-,21-,22-,23-,24-,25+,26+,27+,28+,29-,31-,32-/m1/s1. The lowest BCUT2D eigenvalue weighted by Gasteiger charge is -2.64. The van der Waals surface area contributed by atoms with Crippen LogP contribution in [0.5, 0.6) is 0 Å². The number of carbonyl (C=O) groups excluding carboxylic acids is 1. The smallest absolute Gasteiger partial charge is 0.329 e. The number of ether oxygens (including phenoxy) is 1. The van der Waals surface area contributed by atoms with Gasteiger partial charge in [0, 0.05) is 19.6 Å². The first kappa shape index (κ1) is 32.5. The average molecular weight is 612 g/mol. The highest BCUT2D eigenvalue weighted by Gasteiger charge is 2.64. The molecular weight excluding hydrogens is 554 g/mol. The largest absolute Gasteiger partial charge is 0.393 e. The van der Waals surface area contributed by atoms with Crippen molar-refractivity contribution in [2.75, 3.05) is 19.6 Å². The minimum Gasteiger partial charge on any atom is -0.393 e. The molecule has 1 aliphatic heterocycles. The molecule has 5 rings (SSSR count). The number of rotatable bonds is 7. The van der Waals surface area contributed by atoms with Gasteiger partial charge in [0.05, 0.1) is 24.4 Å². The molecule has 4 saturated carbocycles. The summed E-state index contributed by atoms with van der Waals surface area (Å²) in [6.45, 7) is 14.0. The molecule has 0 aromatic heterocycles. The summed E-state index contributed by atoms with van der Waals surface area (Å²) in [6.07, 6.45) is 8.19. The number of fused-ring (bicyclic) bond motifs is 5. The summed E-state index contributed by atoms with van der Waals surface area (Å²) in [5.41, 5.74) is 0.357. The Labute approximate surface area is 254 Å². The molecule has 0 unspecified atom stereocenters. The topological polar surface area (TPSA) is 128 Å². The molecule has 0 bridgehead atoms. The van der Waals surface area contributed by atoms with Crippen LogP contribution in [0.15, 0.2) is 0 Å². The number of nitrogens with one attached hydrogen (secondary N) is 2. The van der Waals surface area contributed by atoms with Crippen LogP contribution in [0, 0.1) is 52.3 Å². The maximum Gasteiger partial charge on any atom is 0.329 e. The first-order valence-corrected chi connectivity index (χ1v) is 18.2. The fourth-order valence-corrected chi connectivity index (χ4v) is 12.3. The lowest BCUT2D eigenvalue weighted by molar-refractivity contribution is -0.203. The van der Waals surface area contributed by atoms with Crippen molar-refractivity contribution >= 4 is 16.2 Å². The van der Waals surface area contributed by atoms with E-state index < -0.39 is 16.2 Å². The minimum atomic E-state index is -3.93. The van der Waals surface area contributed by atoms with Crippen LogP contribution in [-0.4, -0.2) is 73.0 Å². The number of hydrogen-bond acceptors (Lipinski definition) is 6. The van der Waals surface area contributed by atoms with Gasteiger partial charge < -0.3 is 20.3 Å². The van der Waals surface area contributed by atoms with Crippen LogP contribution in [0.2, 0.25) is 0 Å². The molecule has 9 nitrogen and oxygen atoms in total. The molecule has 0 aromatic carbocycles. The number of carbonyl (C=O) groups is 1. The van der Waals surface area contributed by atoms with Gasteiger partial charge >= 0.3 is 16.2 Å². The summed E-state index contributed by atoms with van der Waals surface area (Å²) in [5.74, 6) is 2.89. The zero-order valence-corrected chi connectivity index (χ0v) is 27.5. The molecule has 5 fully saturated rings. The molecule has 1 saturated heterocycles. The van der Waals surface area contributed by atoms with E-state index in [-0.39, 0.29) is 54.3 Å². The molecule has 242 valence electrons. The van der Waals surface area contributed by atoms with Crippen LogP contribution in [-0.2, 0) is 14.9 Å². The third-order valence-corrected chi connectivity index (χ3v) is 14.4. The Kier molecular flexibility index (Phi) is 9.35. The highest BCUT2D eigenvalue weighted by atomic mass is 32.2. The number of urea groups is 1. The molecular formula is C32H57N3O6S. The van der Waals surface area contributed by atoms with E-state index in [0.717, 1.165) is 51.4 Å². The first-order chi connectivity index (χ1) is 19.7. The van der Waals surface area contributed by atoms with E-state index in [4.69, 9.17) is 4.74 Å². The van der Waals surface area contributed by atoms with Gasteiger partial charge in [-0.3, -0.25) is 0 Å². The monoisotopic (exact) mass is 611 g/mol. The van der Waals surface area contributed by atoms with Crippen LogP contribution in [0.25, 0.3) is 0 Å². The second-order valence-electron chi connectivity index (χ2n) is 15.3. The minimum absolute atomic E-state index is 0.159. The Morgan fingerprint density at radius 3 is 2.31 bits per heavy atom. The van der Waals surface area contributed by atoms with Crippen molar-refractivity contribution in [1.82, 2.24) is 14.3 Å². The van der Waals surface area contributed by atoms with E-state index in [1.165, 1.54) is 10.7 Å². The van der Waals surface area contributed by atoms with Crippen LogP contribution in [0.4, 0.5) is 4.79 Å². The van der Waals surface area contributed by atoms with E-state index in [9.17, 15) is 23.4 Å². The highest BCUT2D eigenvalue weighted by molar-refractivity contribution is 7.87. The second kappa shape index (κ2) is 12.1. The first-order valence-electron chi connectivity index (χ1n) is 16.8. The van der Waals surface area contributed by atoms with Gasteiger partial charge in [-0.2, -0.15) is 12.7 Å². The van der Waals surface area contributed by atoms with E-state index in [1.54, 1.807) is 0 Å². The van der Waals surface area contributed by atoms with Crippen molar-refractivity contribution in [3.05, 3.63) is 0 Å². The van der Waals surface area contributed by atoms with Crippen LogP contribution < -0.4 is 10.0 Å². The molecule has 1 heterocycles. The Morgan fingerprint density at radius 2 is 1.64 bits per heavy atom. The maximum absolute atomic E-state index is 12.8. The van der Waals surface area contributed by atoms with Gasteiger partial charge in [0.15, 0.2) is 0 Å². The fourth-order valence-electron chi connectivity index (χ4n) is 11.1. The molecule has 13 atom stereocenters. The van der Waals surface area contributed by atoms with Crippen molar-refractivity contribution in [3.8, 4) is 0 Å². The van der Waals surface area contributed by atoms with Crippen LogP contribution >= 0.6 is 0 Å².